The Balaban J connectivity index is 1.71. The molecular formula is C19H21N3O3. The topological polar surface area (TPSA) is 77.0 Å². The number of hydrogen-bond acceptors (Lipinski definition) is 4. The van der Waals surface area contributed by atoms with Crippen molar-refractivity contribution in [2.45, 2.75) is 26.2 Å². The number of ether oxygens (including phenoxy) is 1. The van der Waals surface area contributed by atoms with Gasteiger partial charge in [-0.25, -0.2) is 9.78 Å². The van der Waals surface area contributed by atoms with Crippen LogP contribution in [0.2, 0.25) is 0 Å². The Hall–Kier alpha value is -2.89. The summed E-state index contributed by atoms with van der Waals surface area (Å²) in [4.78, 5) is 30.9. The molecule has 0 spiro atoms. The highest BCUT2D eigenvalue weighted by Gasteiger charge is 2.12. The number of aromatic amines is 1. The van der Waals surface area contributed by atoms with Crippen molar-refractivity contribution in [3.63, 3.8) is 0 Å². The summed E-state index contributed by atoms with van der Waals surface area (Å²) in [7, 11) is 3.28. The van der Waals surface area contributed by atoms with Crippen molar-refractivity contribution in [3.05, 3.63) is 63.3 Å². The summed E-state index contributed by atoms with van der Waals surface area (Å²) in [6.07, 6.45) is 4.55. The number of carbonyl (C=O) groups excluding carboxylic acids is 1. The van der Waals surface area contributed by atoms with E-state index < -0.39 is 0 Å². The number of aryl methyl sites for hydroxylation is 4. The number of rotatable bonds is 5. The fourth-order valence-electron chi connectivity index (χ4n) is 3.07. The first-order chi connectivity index (χ1) is 12.0. The molecule has 2 heterocycles. The summed E-state index contributed by atoms with van der Waals surface area (Å²) in [6.45, 7) is 1.78. The van der Waals surface area contributed by atoms with E-state index in [0.29, 0.717) is 16.8 Å². The summed E-state index contributed by atoms with van der Waals surface area (Å²) in [5.74, 6) is 0.292. The van der Waals surface area contributed by atoms with Crippen molar-refractivity contribution in [2.24, 2.45) is 7.05 Å². The molecule has 0 saturated carbocycles. The molecule has 3 aromatic rings. The average Bonchev–Trinajstić information content (AvgIpc) is 2.91. The first-order valence-electron chi connectivity index (χ1n) is 8.21. The van der Waals surface area contributed by atoms with Gasteiger partial charge in [0.25, 0.3) is 5.56 Å². The lowest BCUT2D eigenvalue weighted by molar-refractivity contribution is 0.0600. The van der Waals surface area contributed by atoms with Gasteiger partial charge in [0.1, 0.15) is 11.5 Å². The number of esters is 1. The van der Waals surface area contributed by atoms with Crippen LogP contribution >= 0.6 is 0 Å². The van der Waals surface area contributed by atoms with Crippen molar-refractivity contribution >= 4 is 17.0 Å². The molecule has 6 heteroatoms. The van der Waals surface area contributed by atoms with Gasteiger partial charge in [0, 0.05) is 13.2 Å². The first-order valence-corrected chi connectivity index (χ1v) is 8.21. The second-order valence-corrected chi connectivity index (χ2v) is 6.16. The molecule has 6 nitrogen and oxygen atoms in total. The van der Waals surface area contributed by atoms with Crippen LogP contribution in [0.15, 0.2) is 35.3 Å². The van der Waals surface area contributed by atoms with Crippen LogP contribution in [0.4, 0.5) is 0 Å². The molecule has 3 rings (SSSR count). The number of methoxy groups -OCH3 is 1. The molecule has 0 aliphatic carbocycles. The van der Waals surface area contributed by atoms with Gasteiger partial charge in [-0.05, 0) is 49.4 Å². The van der Waals surface area contributed by atoms with Crippen molar-refractivity contribution in [1.29, 1.82) is 0 Å². The van der Waals surface area contributed by atoms with E-state index in [1.807, 2.05) is 29.9 Å². The summed E-state index contributed by atoms with van der Waals surface area (Å²) in [6, 6.07) is 7.42. The average molecular weight is 339 g/mol. The molecule has 130 valence electrons. The third-order valence-electron chi connectivity index (χ3n) is 4.31. The summed E-state index contributed by atoms with van der Waals surface area (Å²) >= 11 is 0. The first kappa shape index (κ1) is 17.0. The van der Waals surface area contributed by atoms with Gasteiger partial charge in [0.05, 0.1) is 18.1 Å². The van der Waals surface area contributed by atoms with Crippen molar-refractivity contribution in [3.8, 4) is 0 Å². The second kappa shape index (κ2) is 6.93. The lowest BCUT2D eigenvalue weighted by Crippen LogP contribution is -2.10. The maximum absolute atomic E-state index is 12.2. The maximum atomic E-state index is 12.2. The van der Waals surface area contributed by atoms with E-state index in [4.69, 9.17) is 4.74 Å². The molecule has 0 atom stereocenters. The van der Waals surface area contributed by atoms with E-state index in [9.17, 15) is 9.59 Å². The van der Waals surface area contributed by atoms with E-state index in [-0.39, 0.29) is 11.5 Å². The van der Waals surface area contributed by atoms with Crippen LogP contribution in [0.3, 0.4) is 0 Å². The highest BCUT2D eigenvalue weighted by molar-refractivity contribution is 5.89. The highest BCUT2D eigenvalue weighted by atomic mass is 16.5. The summed E-state index contributed by atoms with van der Waals surface area (Å²) in [5.41, 5.74) is 3.35. The number of aromatic nitrogens is 3. The van der Waals surface area contributed by atoms with Crippen molar-refractivity contribution in [2.75, 3.05) is 7.11 Å². The van der Waals surface area contributed by atoms with Crippen molar-refractivity contribution in [1.82, 2.24) is 14.5 Å². The number of nitrogens with one attached hydrogen (secondary N) is 1. The third-order valence-corrected chi connectivity index (χ3v) is 4.31. The highest BCUT2D eigenvalue weighted by Crippen LogP contribution is 2.18. The Morgan fingerprint density at radius 2 is 1.96 bits per heavy atom. The number of carbonyl (C=O) groups is 1. The van der Waals surface area contributed by atoms with Gasteiger partial charge in [0.2, 0.25) is 0 Å². The molecular weight excluding hydrogens is 318 g/mol. The zero-order valence-corrected chi connectivity index (χ0v) is 14.6. The Kier molecular flexibility index (Phi) is 4.70. The van der Waals surface area contributed by atoms with Gasteiger partial charge in [-0.3, -0.25) is 4.79 Å². The van der Waals surface area contributed by atoms with Gasteiger partial charge < -0.3 is 14.3 Å². The fourth-order valence-corrected chi connectivity index (χ4v) is 3.07. The Labute approximate surface area is 145 Å². The number of hydrogen-bond donors (Lipinski definition) is 1. The van der Waals surface area contributed by atoms with Gasteiger partial charge in [0.15, 0.2) is 0 Å². The van der Waals surface area contributed by atoms with Gasteiger partial charge in [-0.2, -0.15) is 0 Å². The Bertz CT molecular complexity index is 968. The van der Waals surface area contributed by atoms with Crippen LogP contribution in [-0.4, -0.2) is 27.6 Å². The zero-order chi connectivity index (χ0) is 18.0. The number of fused-ring (bicyclic) bond motifs is 1. The summed E-state index contributed by atoms with van der Waals surface area (Å²) in [5, 5.41) is 0.675. The van der Waals surface area contributed by atoms with Crippen LogP contribution in [0.25, 0.3) is 11.0 Å². The lowest BCUT2D eigenvalue weighted by Gasteiger charge is -2.03. The normalized spacial score (nSPS) is 11.0. The minimum atomic E-state index is -0.329. The van der Waals surface area contributed by atoms with Crippen LogP contribution < -0.4 is 5.56 Å². The van der Waals surface area contributed by atoms with Crippen LogP contribution in [0.1, 0.15) is 33.7 Å². The van der Waals surface area contributed by atoms with Crippen molar-refractivity contribution < 1.29 is 9.53 Å². The van der Waals surface area contributed by atoms with Gasteiger partial charge in [-0.1, -0.05) is 12.1 Å². The minimum Gasteiger partial charge on any atom is -0.465 e. The monoisotopic (exact) mass is 339 g/mol. The molecule has 0 saturated heterocycles. The summed E-state index contributed by atoms with van der Waals surface area (Å²) < 4.78 is 6.60. The predicted octanol–water partition coefficient (Wildman–Crippen LogP) is 2.53. The van der Waals surface area contributed by atoms with E-state index in [1.165, 1.54) is 7.11 Å². The molecule has 0 radical (unpaired) electrons. The maximum Gasteiger partial charge on any atom is 0.337 e. The quantitative estimate of drug-likeness (QED) is 0.725. The van der Waals surface area contributed by atoms with Gasteiger partial charge >= 0.3 is 5.97 Å². The molecule has 2 aromatic heterocycles. The number of nitrogens with zero attached hydrogens (tertiary/aromatic N) is 2. The molecule has 0 aliphatic heterocycles. The minimum absolute atomic E-state index is 0.0828. The Morgan fingerprint density at radius 3 is 2.64 bits per heavy atom. The van der Waals surface area contributed by atoms with Crippen LogP contribution in [0, 0.1) is 6.92 Å². The number of benzene rings is 1. The predicted molar refractivity (Wildman–Crippen MR) is 95.9 cm³/mol. The number of H-pyrrole nitrogens is 1. The van der Waals surface area contributed by atoms with Crippen LogP contribution in [-0.2, 0) is 24.6 Å². The smallest absolute Gasteiger partial charge is 0.337 e. The zero-order valence-electron chi connectivity index (χ0n) is 14.6. The van der Waals surface area contributed by atoms with Crippen LogP contribution in [0.5, 0.6) is 0 Å². The fraction of sp³-hybridized carbons (Fsp3) is 0.316. The SMILES string of the molecule is COC(=O)c1ccc(CCCc2cn(C)c3nc(C)[nH]c(=O)c23)cc1. The van der Waals surface area contributed by atoms with E-state index in [0.717, 1.165) is 36.0 Å². The largest absolute Gasteiger partial charge is 0.465 e. The third kappa shape index (κ3) is 3.47. The van der Waals surface area contributed by atoms with E-state index >= 15 is 0 Å². The molecule has 0 aliphatic rings. The van der Waals surface area contributed by atoms with E-state index in [2.05, 4.69) is 9.97 Å². The standard InChI is InChI=1S/C19H21N3O3/c1-12-20-17-16(18(23)21-12)15(11-22(17)2)6-4-5-13-7-9-14(10-8-13)19(24)25-3/h7-11H,4-6H2,1-3H3,(H,20,21,23). The second-order valence-electron chi connectivity index (χ2n) is 6.16. The molecule has 0 amide bonds. The molecule has 0 bridgehead atoms. The molecule has 1 N–H and O–H groups in total. The molecule has 0 unspecified atom stereocenters. The van der Waals surface area contributed by atoms with Gasteiger partial charge in [-0.15, -0.1) is 0 Å². The van der Waals surface area contributed by atoms with E-state index in [1.54, 1.807) is 19.1 Å². The molecule has 25 heavy (non-hydrogen) atoms. The Morgan fingerprint density at radius 1 is 1.24 bits per heavy atom. The molecule has 0 fully saturated rings. The molecule has 1 aromatic carbocycles. The lowest BCUT2D eigenvalue weighted by atomic mass is 10.0.